The number of likely N-dealkylation sites (tertiary alicyclic amines) is 1. The smallest absolute Gasteiger partial charge is 0.323 e. The molecule has 7 heteroatoms. The average molecular weight is 303 g/mol. The van der Waals surface area contributed by atoms with Crippen LogP contribution in [0.5, 0.6) is 0 Å². The van der Waals surface area contributed by atoms with Gasteiger partial charge in [-0.2, -0.15) is 0 Å². The van der Waals surface area contributed by atoms with Crippen LogP contribution in [0.15, 0.2) is 37.1 Å². The normalized spacial score (nSPS) is 21.6. The van der Waals surface area contributed by atoms with E-state index in [2.05, 4.69) is 22.2 Å². The minimum atomic E-state index is -0.426. The average Bonchev–Trinajstić information content (AvgIpc) is 3.04. The summed E-state index contributed by atoms with van der Waals surface area (Å²) in [4.78, 5) is 22.0. The maximum Gasteiger partial charge on any atom is 0.323 e. The van der Waals surface area contributed by atoms with Gasteiger partial charge >= 0.3 is 6.03 Å². The monoisotopic (exact) mass is 303 g/mol. The minimum absolute atomic E-state index is 0.211. The largest absolute Gasteiger partial charge is 0.332 e. The quantitative estimate of drug-likeness (QED) is 0.927. The molecular formula is C15H18FN5O. The Morgan fingerprint density at radius 2 is 2.32 bits per heavy atom. The zero-order valence-corrected chi connectivity index (χ0v) is 12.3. The van der Waals surface area contributed by atoms with Crippen molar-refractivity contribution in [1.82, 2.24) is 19.4 Å². The molecule has 2 aromatic rings. The second kappa shape index (κ2) is 6.13. The first-order chi connectivity index (χ1) is 10.6. The lowest BCUT2D eigenvalue weighted by Gasteiger charge is -2.37. The van der Waals surface area contributed by atoms with E-state index in [1.807, 2.05) is 10.8 Å². The van der Waals surface area contributed by atoms with E-state index < -0.39 is 5.82 Å². The van der Waals surface area contributed by atoms with Gasteiger partial charge in [0.05, 0.1) is 18.6 Å². The molecule has 1 N–H and O–H groups in total. The second-order valence-corrected chi connectivity index (χ2v) is 5.58. The third kappa shape index (κ3) is 3.08. The second-order valence-electron chi connectivity index (χ2n) is 5.58. The Morgan fingerprint density at radius 3 is 3.00 bits per heavy atom. The Labute approximate surface area is 128 Å². The lowest BCUT2D eigenvalue weighted by molar-refractivity contribution is 0.149. The van der Waals surface area contributed by atoms with E-state index in [-0.39, 0.29) is 12.1 Å². The van der Waals surface area contributed by atoms with Crippen molar-refractivity contribution in [1.29, 1.82) is 0 Å². The number of nitrogens with zero attached hydrogens (tertiary/aromatic N) is 4. The molecule has 22 heavy (non-hydrogen) atoms. The number of imidazole rings is 1. The van der Waals surface area contributed by atoms with Crippen molar-refractivity contribution in [2.45, 2.75) is 19.4 Å². The van der Waals surface area contributed by atoms with Gasteiger partial charge in [0.25, 0.3) is 0 Å². The van der Waals surface area contributed by atoms with Crippen molar-refractivity contribution in [2.75, 3.05) is 18.4 Å². The number of amides is 2. The summed E-state index contributed by atoms with van der Waals surface area (Å²) < 4.78 is 14.9. The van der Waals surface area contributed by atoms with Gasteiger partial charge < -0.3 is 9.47 Å². The number of nitrogens with one attached hydrogen (secondary N) is 1. The number of halogens is 1. The van der Waals surface area contributed by atoms with Gasteiger partial charge in [0.1, 0.15) is 11.6 Å². The summed E-state index contributed by atoms with van der Waals surface area (Å²) in [6, 6.07) is 2.72. The SMILES string of the molecule is C[C@@H]1CCN(C(=O)Nc2ccc(F)cn2)C[C@H]1n1ccnc1. The van der Waals surface area contributed by atoms with Crippen molar-refractivity contribution in [3.8, 4) is 0 Å². The highest BCUT2D eigenvalue weighted by Gasteiger charge is 2.29. The van der Waals surface area contributed by atoms with Gasteiger partial charge in [0.2, 0.25) is 0 Å². The predicted octanol–water partition coefficient (Wildman–Crippen LogP) is 2.53. The number of hydrogen-bond donors (Lipinski definition) is 1. The molecule has 1 aliphatic rings. The molecular weight excluding hydrogens is 285 g/mol. The van der Waals surface area contributed by atoms with Gasteiger partial charge in [-0.25, -0.2) is 19.2 Å². The van der Waals surface area contributed by atoms with Crippen LogP contribution in [0.4, 0.5) is 15.0 Å². The van der Waals surface area contributed by atoms with E-state index in [1.54, 1.807) is 17.4 Å². The van der Waals surface area contributed by atoms with Crippen LogP contribution in [-0.2, 0) is 0 Å². The maximum atomic E-state index is 12.8. The summed E-state index contributed by atoms with van der Waals surface area (Å²) in [6.07, 6.45) is 7.46. The number of pyridine rings is 1. The molecule has 1 aliphatic heterocycles. The molecule has 0 bridgehead atoms. The van der Waals surface area contributed by atoms with Crippen LogP contribution in [0.25, 0.3) is 0 Å². The molecule has 0 spiro atoms. The molecule has 3 rings (SSSR count). The topological polar surface area (TPSA) is 63.1 Å². The van der Waals surface area contributed by atoms with Crippen molar-refractivity contribution < 1.29 is 9.18 Å². The molecule has 0 saturated carbocycles. The zero-order chi connectivity index (χ0) is 15.5. The molecule has 1 fully saturated rings. The van der Waals surface area contributed by atoms with Crippen LogP contribution >= 0.6 is 0 Å². The fourth-order valence-electron chi connectivity index (χ4n) is 2.73. The molecule has 3 heterocycles. The summed E-state index contributed by atoms with van der Waals surface area (Å²) in [5.74, 6) is 0.399. The molecule has 2 amide bonds. The maximum absolute atomic E-state index is 12.8. The zero-order valence-electron chi connectivity index (χ0n) is 12.3. The van der Waals surface area contributed by atoms with Gasteiger partial charge in [-0.15, -0.1) is 0 Å². The number of aromatic nitrogens is 3. The first-order valence-corrected chi connectivity index (χ1v) is 7.28. The molecule has 0 unspecified atom stereocenters. The number of carbonyl (C=O) groups excluding carboxylic acids is 1. The molecule has 116 valence electrons. The number of piperidine rings is 1. The van der Waals surface area contributed by atoms with Crippen LogP contribution in [0.1, 0.15) is 19.4 Å². The lowest BCUT2D eigenvalue weighted by Crippen LogP contribution is -2.45. The fraction of sp³-hybridized carbons (Fsp3) is 0.400. The standard InChI is InChI=1S/C15H18FN5O/c1-11-4-6-20(9-13(11)21-7-5-17-10-21)15(22)19-14-3-2-12(16)8-18-14/h2-3,5,7-8,10-11,13H,4,6,9H2,1H3,(H,18,19,22)/t11-,13-/m1/s1. The number of urea groups is 1. The molecule has 0 aliphatic carbocycles. The highest BCUT2D eigenvalue weighted by molar-refractivity contribution is 5.88. The highest BCUT2D eigenvalue weighted by atomic mass is 19.1. The lowest BCUT2D eigenvalue weighted by atomic mass is 9.93. The van der Waals surface area contributed by atoms with Crippen molar-refractivity contribution >= 4 is 11.8 Å². The number of hydrogen-bond acceptors (Lipinski definition) is 3. The van der Waals surface area contributed by atoms with E-state index >= 15 is 0 Å². The summed E-state index contributed by atoms with van der Waals surface area (Å²) in [5, 5.41) is 2.70. The van der Waals surface area contributed by atoms with E-state index in [4.69, 9.17) is 0 Å². The van der Waals surface area contributed by atoms with E-state index in [9.17, 15) is 9.18 Å². The van der Waals surface area contributed by atoms with Crippen molar-refractivity contribution in [2.24, 2.45) is 5.92 Å². The number of anilines is 1. The Balaban J connectivity index is 1.66. The van der Waals surface area contributed by atoms with Gasteiger partial charge in [-0.1, -0.05) is 6.92 Å². The van der Waals surface area contributed by atoms with Crippen molar-refractivity contribution in [3.63, 3.8) is 0 Å². The number of rotatable bonds is 2. The van der Waals surface area contributed by atoms with E-state index in [1.165, 1.54) is 12.1 Å². The molecule has 2 aromatic heterocycles. The van der Waals surface area contributed by atoms with E-state index in [0.29, 0.717) is 24.8 Å². The summed E-state index contributed by atoms with van der Waals surface area (Å²) in [5.41, 5.74) is 0. The predicted molar refractivity (Wildman–Crippen MR) is 79.8 cm³/mol. The van der Waals surface area contributed by atoms with Gasteiger partial charge in [0, 0.05) is 25.5 Å². The molecule has 0 radical (unpaired) electrons. The third-order valence-corrected chi connectivity index (χ3v) is 4.08. The van der Waals surface area contributed by atoms with Gasteiger partial charge in [0.15, 0.2) is 0 Å². The van der Waals surface area contributed by atoms with Gasteiger partial charge in [-0.3, -0.25) is 5.32 Å². The molecule has 6 nitrogen and oxygen atoms in total. The summed E-state index contributed by atoms with van der Waals surface area (Å²) in [6.45, 7) is 3.49. The van der Waals surface area contributed by atoms with Crippen LogP contribution in [0.3, 0.4) is 0 Å². The van der Waals surface area contributed by atoms with Crippen LogP contribution in [-0.4, -0.2) is 38.6 Å². The molecule has 1 saturated heterocycles. The minimum Gasteiger partial charge on any atom is -0.332 e. The molecule has 0 aromatic carbocycles. The Bertz CT molecular complexity index is 628. The Kier molecular flexibility index (Phi) is 4.04. The number of carbonyl (C=O) groups is 1. The van der Waals surface area contributed by atoms with Crippen LogP contribution in [0.2, 0.25) is 0 Å². The summed E-state index contributed by atoms with van der Waals surface area (Å²) >= 11 is 0. The van der Waals surface area contributed by atoms with Crippen molar-refractivity contribution in [3.05, 3.63) is 42.9 Å². The van der Waals surface area contributed by atoms with Crippen LogP contribution in [0, 0.1) is 11.7 Å². The first kappa shape index (κ1) is 14.5. The summed E-state index contributed by atoms with van der Waals surface area (Å²) in [7, 11) is 0. The first-order valence-electron chi connectivity index (χ1n) is 7.28. The third-order valence-electron chi connectivity index (χ3n) is 4.08. The fourth-order valence-corrected chi connectivity index (χ4v) is 2.73. The molecule has 2 atom stereocenters. The van der Waals surface area contributed by atoms with E-state index in [0.717, 1.165) is 12.6 Å². The Hall–Kier alpha value is -2.44. The highest BCUT2D eigenvalue weighted by Crippen LogP contribution is 2.27. The van der Waals surface area contributed by atoms with Crippen LogP contribution < -0.4 is 5.32 Å². The van der Waals surface area contributed by atoms with Gasteiger partial charge in [-0.05, 0) is 24.5 Å². The Morgan fingerprint density at radius 1 is 1.45 bits per heavy atom.